The number of aryl methyl sites for hydroxylation is 1. The maximum Gasteiger partial charge on any atom is 0.154 e. The smallest absolute Gasteiger partial charge is 0.154 e. The molecule has 0 fully saturated rings. The Bertz CT molecular complexity index is 505. The highest BCUT2D eigenvalue weighted by Gasteiger charge is 2.13. The molecule has 5 heteroatoms. The Morgan fingerprint density at radius 2 is 2.18 bits per heavy atom. The molecule has 2 rings (SSSR count). The van der Waals surface area contributed by atoms with E-state index >= 15 is 0 Å². The van der Waals surface area contributed by atoms with Gasteiger partial charge in [-0.1, -0.05) is 6.92 Å². The summed E-state index contributed by atoms with van der Waals surface area (Å²) in [6.45, 7) is 4.89. The summed E-state index contributed by atoms with van der Waals surface area (Å²) in [7, 11) is 1.98. The Balaban J connectivity index is 2.30. The Labute approximate surface area is 101 Å². The molecule has 0 aliphatic carbocycles. The van der Waals surface area contributed by atoms with Gasteiger partial charge < -0.3 is 15.6 Å². The lowest BCUT2D eigenvalue weighted by atomic mass is 10.0. The van der Waals surface area contributed by atoms with Crippen LogP contribution in [-0.2, 0) is 7.05 Å². The zero-order valence-electron chi connectivity index (χ0n) is 10.5. The fourth-order valence-electron chi connectivity index (χ4n) is 1.73. The molecule has 0 saturated carbocycles. The van der Waals surface area contributed by atoms with E-state index in [0.717, 1.165) is 16.9 Å². The molecule has 0 aromatic carbocycles. The maximum absolute atomic E-state index is 5.66. The summed E-state index contributed by atoms with van der Waals surface area (Å²) in [5, 5.41) is 3.38. The third-order valence-corrected chi connectivity index (χ3v) is 3.23. The average molecular weight is 233 g/mol. The van der Waals surface area contributed by atoms with Crippen LogP contribution in [0.2, 0.25) is 0 Å². The second-order valence-corrected chi connectivity index (χ2v) is 4.53. The van der Waals surface area contributed by atoms with Crippen molar-refractivity contribution in [2.24, 2.45) is 18.7 Å². The largest absolute Gasteiger partial charge is 0.365 e. The summed E-state index contributed by atoms with van der Waals surface area (Å²) >= 11 is 0. The Morgan fingerprint density at radius 1 is 1.41 bits per heavy atom. The van der Waals surface area contributed by atoms with Crippen molar-refractivity contribution in [3.63, 3.8) is 0 Å². The van der Waals surface area contributed by atoms with Crippen LogP contribution in [0.5, 0.6) is 0 Å². The Kier molecular flexibility index (Phi) is 3.28. The number of pyridine rings is 1. The summed E-state index contributed by atoms with van der Waals surface area (Å²) in [5.74, 6) is 1.23. The number of anilines is 1. The minimum Gasteiger partial charge on any atom is -0.365 e. The quantitative estimate of drug-likeness (QED) is 0.836. The van der Waals surface area contributed by atoms with Gasteiger partial charge in [0.15, 0.2) is 5.82 Å². The van der Waals surface area contributed by atoms with Crippen LogP contribution in [0.1, 0.15) is 13.8 Å². The number of nitrogens with one attached hydrogen (secondary N) is 1. The van der Waals surface area contributed by atoms with E-state index in [1.54, 1.807) is 12.5 Å². The van der Waals surface area contributed by atoms with E-state index in [1.807, 2.05) is 17.7 Å². The molecular weight excluding hydrogens is 214 g/mol. The molecular formula is C12H19N5. The first-order valence-electron chi connectivity index (χ1n) is 5.86. The van der Waals surface area contributed by atoms with Gasteiger partial charge in [0.25, 0.3) is 0 Å². The molecule has 5 nitrogen and oxygen atoms in total. The van der Waals surface area contributed by atoms with Crippen molar-refractivity contribution in [3.8, 4) is 0 Å². The molecule has 2 aromatic heterocycles. The van der Waals surface area contributed by atoms with Gasteiger partial charge in [-0.3, -0.25) is 0 Å². The van der Waals surface area contributed by atoms with E-state index in [9.17, 15) is 0 Å². The number of imidazole rings is 1. The molecule has 0 radical (unpaired) electrons. The monoisotopic (exact) mass is 233 g/mol. The standard InChI is InChI=1S/C12H19N5/c1-8(6-13)9(2)16-12-11-10(4-5-14-12)17(3)7-15-11/h4-5,7-9H,6,13H2,1-3H3,(H,14,16). The zero-order valence-corrected chi connectivity index (χ0v) is 10.5. The van der Waals surface area contributed by atoms with Crippen molar-refractivity contribution >= 4 is 16.9 Å². The predicted octanol–water partition coefficient (Wildman–Crippen LogP) is 1.36. The van der Waals surface area contributed by atoms with Crippen LogP contribution in [0.15, 0.2) is 18.6 Å². The molecule has 0 spiro atoms. The van der Waals surface area contributed by atoms with E-state index in [2.05, 4.69) is 29.1 Å². The number of hydrogen-bond donors (Lipinski definition) is 2. The zero-order chi connectivity index (χ0) is 12.4. The van der Waals surface area contributed by atoms with Crippen LogP contribution in [0, 0.1) is 5.92 Å². The number of rotatable bonds is 4. The van der Waals surface area contributed by atoms with Crippen molar-refractivity contribution in [2.45, 2.75) is 19.9 Å². The van der Waals surface area contributed by atoms with Crippen LogP contribution in [0.25, 0.3) is 11.0 Å². The lowest BCUT2D eigenvalue weighted by Crippen LogP contribution is -2.29. The van der Waals surface area contributed by atoms with Gasteiger partial charge in [0.2, 0.25) is 0 Å². The second kappa shape index (κ2) is 4.71. The van der Waals surface area contributed by atoms with Gasteiger partial charge >= 0.3 is 0 Å². The number of hydrogen-bond acceptors (Lipinski definition) is 4. The van der Waals surface area contributed by atoms with E-state index in [1.165, 1.54) is 0 Å². The van der Waals surface area contributed by atoms with Crippen molar-refractivity contribution in [3.05, 3.63) is 18.6 Å². The molecule has 0 bridgehead atoms. The fraction of sp³-hybridized carbons (Fsp3) is 0.500. The van der Waals surface area contributed by atoms with Gasteiger partial charge in [-0.15, -0.1) is 0 Å². The fourth-order valence-corrected chi connectivity index (χ4v) is 1.73. The van der Waals surface area contributed by atoms with Crippen LogP contribution >= 0.6 is 0 Å². The van der Waals surface area contributed by atoms with E-state index < -0.39 is 0 Å². The first-order chi connectivity index (χ1) is 8.13. The van der Waals surface area contributed by atoms with E-state index in [4.69, 9.17) is 5.73 Å². The molecule has 17 heavy (non-hydrogen) atoms. The molecule has 0 aliphatic rings. The molecule has 0 aliphatic heterocycles. The third-order valence-electron chi connectivity index (χ3n) is 3.23. The minimum absolute atomic E-state index is 0.278. The normalized spacial score (nSPS) is 14.8. The molecule has 0 amide bonds. The lowest BCUT2D eigenvalue weighted by Gasteiger charge is -2.20. The highest BCUT2D eigenvalue weighted by molar-refractivity contribution is 5.85. The predicted molar refractivity (Wildman–Crippen MR) is 69.8 cm³/mol. The first kappa shape index (κ1) is 11.9. The molecule has 92 valence electrons. The van der Waals surface area contributed by atoms with Gasteiger partial charge in [0, 0.05) is 19.3 Å². The lowest BCUT2D eigenvalue weighted by molar-refractivity contribution is 0.520. The van der Waals surface area contributed by atoms with Gasteiger partial charge in [-0.25, -0.2) is 9.97 Å². The Hall–Kier alpha value is -1.62. The summed E-state index contributed by atoms with van der Waals surface area (Å²) in [5.41, 5.74) is 7.65. The van der Waals surface area contributed by atoms with E-state index in [-0.39, 0.29) is 6.04 Å². The third kappa shape index (κ3) is 2.24. The van der Waals surface area contributed by atoms with Gasteiger partial charge in [0.1, 0.15) is 5.52 Å². The van der Waals surface area contributed by atoms with Crippen LogP contribution < -0.4 is 11.1 Å². The summed E-state index contributed by atoms with van der Waals surface area (Å²) < 4.78 is 1.99. The summed E-state index contributed by atoms with van der Waals surface area (Å²) in [6.07, 6.45) is 3.60. The SMILES string of the molecule is CC(CN)C(C)Nc1nccc2c1ncn2C. The van der Waals surface area contributed by atoms with Crippen molar-refractivity contribution in [1.29, 1.82) is 0 Å². The van der Waals surface area contributed by atoms with Crippen molar-refractivity contribution < 1.29 is 0 Å². The van der Waals surface area contributed by atoms with Gasteiger partial charge in [0.05, 0.1) is 11.8 Å². The van der Waals surface area contributed by atoms with Crippen molar-refractivity contribution in [2.75, 3.05) is 11.9 Å². The highest BCUT2D eigenvalue weighted by Crippen LogP contribution is 2.20. The Morgan fingerprint density at radius 3 is 2.88 bits per heavy atom. The van der Waals surface area contributed by atoms with Gasteiger partial charge in [-0.2, -0.15) is 0 Å². The topological polar surface area (TPSA) is 68.8 Å². The maximum atomic E-state index is 5.66. The molecule has 0 saturated heterocycles. The molecule has 3 N–H and O–H groups in total. The van der Waals surface area contributed by atoms with Gasteiger partial charge in [-0.05, 0) is 25.5 Å². The minimum atomic E-state index is 0.278. The number of aromatic nitrogens is 3. The first-order valence-corrected chi connectivity index (χ1v) is 5.86. The van der Waals surface area contributed by atoms with E-state index in [0.29, 0.717) is 12.5 Å². The van der Waals surface area contributed by atoms with Crippen LogP contribution in [0.4, 0.5) is 5.82 Å². The molecule has 2 unspecified atom stereocenters. The highest BCUT2D eigenvalue weighted by atomic mass is 15.1. The number of fused-ring (bicyclic) bond motifs is 1. The van der Waals surface area contributed by atoms with Crippen LogP contribution in [0.3, 0.4) is 0 Å². The number of nitrogens with zero attached hydrogens (tertiary/aromatic N) is 3. The summed E-state index contributed by atoms with van der Waals surface area (Å²) in [6, 6.07) is 2.24. The van der Waals surface area contributed by atoms with Crippen LogP contribution in [-0.4, -0.2) is 27.1 Å². The molecule has 2 heterocycles. The number of nitrogens with two attached hydrogens (primary N) is 1. The molecule has 2 atom stereocenters. The molecule has 2 aromatic rings. The average Bonchev–Trinajstić information content (AvgIpc) is 2.71. The second-order valence-electron chi connectivity index (χ2n) is 4.53. The summed E-state index contributed by atoms with van der Waals surface area (Å²) in [4.78, 5) is 8.71. The van der Waals surface area contributed by atoms with Crippen molar-refractivity contribution in [1.82, 2.24) is 14.5 Å².